The Hall–Kier alpha value is -4.82. The Morgan fingerprint density at radius 1 is 0.750 bits per heavy atom. The minimum Gasteiger partial charge on any atom is -0.489 e. The van der Waals surface area contributed by atoms with E-state index in [1.165, 1.54) is 6.26 Å². The second-order valence-electron chi connectivity index (χ2n) is 11.6. The van der Waals surface area contributed by atoms with Gasteiger partial charge in [-0.1, -0.05) is 63.2 Å². The van der Waals surface area contributed by atoms with Crippen molar-refractivity contribution in [2.24, 2.45) is 0 Å². The Labute approximate surface area is 257 Å². The molecular formula is C36H34O7S. The van der Waals surface area contributed by atoms with Gasteiger partial charge < -0.3 is 19.3 Å². The zero-order valence-electron chi connectivity index (χ0n) is 25.0. The van der Waals surface area contributed by atoms with Crippen LogP contribution in [-0.2, 0) is 26.7 Å². The summed E-state index contributed by atoms with van der Waals surface area (Å²) in [4.78, 5) is 11.2. The number of ether oxygens (including phenoxy) is 3. The van der Waals surface area contributed by atoms with Crippen LogP contribution in [0, 0.1) is 0 Å². The van der Waals surface area contributed by atoms with Gasteiger partial charge in [0.1, 0.15) is 29.6 Å². The van der Waals surface area contributed by atoms with Gasteiger partial charge in [-0.15, -0.1) is 0 Å². The predicted octanol–water partition coefficient (Wildman–Crippen LogP) is 8.04. The van der Waals surface area contributed by atoms with Crippen molar-refractivity contribution >= 4 is 26.6 Å². The SMILES string of the molecule is CC(C)(C)c1cc(S(C)(=O)=O)ccc1-c1ccc2cc(OCc3ccccc3)ccc2c1Oc1ccc(OCC(=O)O)cc1. The first-order valence-electron chi connectivity index (χ1n) is 14.1. The zero-order chi connectivity index (χ0) is 31.5. The molecule has 0 unspecified atom stereocenters. The highest BCUT2D eigenvalue weighted by molar-refractivity contribution is 7.90. The molecule has 7 nitrogen and oxygen atoms in total. The van der Waals surface area contributed by atoms with E-state index in [4.69, 9.17) is 19.3 Å². The summed E-state index contributed by atoms with van der Waals surface area (Å²) in [6.45, 7) is 6.14. The third kappa shape index (κ3) is 7.21. The molecule has 0 saturated heterocycles. The lowest BCUT2D eigenvalue weighted by Gasteiger charge is -2.25. The fourth-order valence-electron chi connectivity index (χ4n) is 4.91. The first-order chi connectivity index (χ1) is 20.9. The molecule has 0 aliphatic heterocycles. The molecule has 5 rings (SSSR count). The number of carbonyl (C=O) groups is 1. The van der Waals surface area contributed by atoms with Gasteiger partial charge in [0, 0.05) is 17.2 Å². The molecule has 0 amide bonds. The highest BCUT2D eigenvalue weighted by atomic mass is 32.2. The van der Waals surface area contributed by atoms with Crippen LogP contribution in [-0.4, -0.2) is 32.4 Å². The average molecular weight is 611 g/mol. The summed E-state index contributed by atoms with van der Waals surface area (Å²) in [6, 6.07) is 31.7. The molecule has 0 aromatic heterocycles. The summed E-state index contributed by atoms with van der Waals surface area (Å²) < 4.78 is 42.8. The summed E-state index contributed by atoms with van der Waals surface area (Å²) in [6.07, 6.45) is 1.21. The van der Waals surface area contributed by atoms with Crippen LogP contribution < -0.4 is 14.2 Å². The number of carboxylic acid groups (broad SMARTS) is 1. The fourth-order valence-corrected chi connectivity index (χ4v) is 5.56. The zero-order valence-corrected chi connectivity index (χ0v) is 25.9. The maximum atomic E-state index is 12.5. The number of hydrogen-bond acceptors (Lipinski definition) is 6. The lowest BCUT2D eigenvalue weighted by molar-refractivity contribution is -0.139. The molecule has 0 bridgehead atoms. The second kappa shape index (κ2) is 12.4. The molecule has 1 N–H and O–H groups in total. The number of benzene rings is 5. The predicted molar refractivity (Wildman–Crippen MR) is 172 cm³/mol. The highest BCUT2D eigenvalue weighted by Gasteiger charge is 2.24. The normalized spacial score (nSPS) is 11.7. The largest absolute Gasteiger partial charge is 0.489 e. The van der Waals surface area contributed by atoms with Crippen LogP contribution in [0.5, 0.6) is 23.0 Å². The van der Waals surface area contributed by atoms with Crippen molar-refractivity contribution in [2.75, 3.05) is 12.9 Å². The summed E-state index contributed by atoms with van der Waals surface area (Å²) in [7, 11) is -3.42. The Morgan fingerprint density at radius 2 is 1.41 bits per heavy atom. The van der Waals surface area contributed by atoms with Crippen molar-refractivity contribution < 1.29 is 32.5 Å². The van der Waals surface area contributed by atoms with Gasteiger partial charge >= 0.3 is 5.97 Å². The molecule has 0 spiro atoms. The molecule has 0 aliphatic rings. The molecule has 0 heterocycles. The molecule has 226 valence electrons. The van der Waals surface area contributed by atoms with Crippen molar-refractivity contribution in [3.8, 4) is 34.1 Å². The molecule has 0 aliphatic carbocycles. The Kier molecular flexibility index (Phi) is 8.65. The van der Waals surface area contributed by atoms with E-state index < -0.39 is 22.4 Å². The Bertz CT molecular complexity index is 1910. The minimum absolute atomic E-state index is 0.256. The number of sulfone groups is 1. The van der Waals surface area contributed by atoms with Crippen molar-refractivity contribution in [1.29, 1.82) is 0 Å². The number of hydrogen-bond donors (Lipinski definition) is 1. The summed E-state index contributed by atoms with van der Waals surface area (Å²) in [5, 5.41) is 10.7. The molecule has 8 heteroatoms. The van der Waals surface area contributed by atoms with Crippen LogP contribution in [0.4, 0.5) is 0 Å². The Morgan fingerprint density at radius 3 is 2.07 bits per heavy atom. The van der Waals surface area contributed by atoms with Gasteiger partial charge in [0.15, 0.2) is 16.4 Å². The van der Waals surface area contributed by atoms with Gasteiger partial charge in [0.25, 0.3) is 0 Å². The maximum Gasteiger partial charge on any atom is 0.341 e. The van der Waals surface area contributed by atoms with Gasteiger partial charge in [0.2, 0.25) is 0 Å². The summed E-state index contributed by atoms with van der Waals surface area (Å²) in [5.41, 5.74) is 3.21. The van der Waals surface area contributed by atoms with Crippen LogP contribution in [0.25, 0.3) is 21.9 Å². The molecular weight excluding hydrogens is 576 g/mol. The van der Waals surface area contributed by atoms with E-state index in [1.807, 2.05) is 87.5 Å². The fraction of sp³-hybridized carbons (Fsp3) is 0.194. The molecule has 44 heavy (non-hydrogen) atoms. The van der Waals surface area contributed by atoms with Crippen LogP contribution in [0.1, 0.15) is 31.9 Å². The van der Waals surface area contributed by atoms with Crippen LogP contribution in [0.15, 0.2) is 108 Å². The second-order valence-corrected chi connectivity index (χ2v) is 13.6. The third-order valence-corrected chi connectivity index (χ3v) is 8.22. The molecule has 0 atom stereocenters. The maximum absolute atomic E-state index is 12.5. The summed E-state index contributed by atoms with van der Waals surface area (Å²) >= 11 is 0. The average Bonchev–Trinajstić information content (AvgIpc) is 2.99. The number of aliphatic carboxylic acids is 1. The van der Waals surface area contributed by atoms with E-state index in [0.29, 0.717) is 29.6 Å². The van der Waals surface area contributed by atoms with Gasteiger partial charge in [-0.3, -0.25) is 0 Å². The number of rotatable bonds is 10. The van der Waals surface area contributed by atoms with E-state index in [9.17, 15) is 13.2 Å². The van der Waals surface area contributed by atoms with Gasteiger partial charge in [-0.25, -0.2) is 13.2 Å². The van der Waals surface area contributed by atoms with Gasteiger partial charge in [-0.2, -0.15) is 0 Å². The van der Waals surface area contributed by atoms with E-state index in [1.54, 1.807) is 36.4 Å². The highest BCUT2D eigenvalue weighted by Crippen LogP contribution is 2.44. The lowest BCUT2D eigenvalue weighted by Crippen LogP contribution is -2.14. The standard InChI is InChI=1S/C36H34O7S/c1-36(2,3)33-21-29(44(4,39)40)16-19-31(33)32-17-10-25-20-28(41-22-24-8-6-5-7-9-24)15-18-30(25)35(32)43-27-13-11-26(12-14-27)42-23-34(37)38/h5-21H,22-23H2,1-4H3,(H,37,38). The number of carboxylic acids is 1. The Balaban J connectivity index is 1.61. The molecule has 0 radical (unpaired) electrons. The van der Waals surface area contributed by atoms with E-state index in [2.05, 4.69) is 0 Å². The molecule has 5 aromatic carbocycles. The van der Waals surface area contributed by atoms with Crippen molar-refractivity contribution in [3.05, 3.63) is 114 Å². The third-order valence-electron chi connectivity index (χ3n) is 7.11. The smallest absolute Gasteiger partial charge is 0.341 e. The molecule has 5 aromatic rings. The lowest BCUT2D eigenvalue weighted by atomic mass is 9.81. The summed E-state index contributed by atoms with van der Waals surface area (Å²) in [5.74, 6) is 1.18. The number of fused-ring (bicyclic) bond motifs is 1. The minimum atomic E-state index is -3.42. The van der Waals surface area contributed by atoms with Crippen LogP contribution >= 0.6 is 0 Å². The van der Waals surface area contributed by atoms with Crippen LogP contribution in [0.3, 0.4) is 0 Å². The van der Waals surface area contributed by atoms with Crippen molar-refractivity contribution in [2.45, 2.75) is 37.7 Å². The van der Waals surface area contributed by atoms with E-state index in [0.717, 1.165) is 33.0 Å². The monoisotopic (exact) mass is 610 g/mol. The quantitative estimate of drug-likeness (QED) is 0.171. The molecule has 0 saturated carbocycles. The van der Waals surface area contributed by atoms with E-state index in [-0.39, 0.29) is 10.3 Å². The first kappa shape index (κ1) is 30.6. The van der Waals surface area contributed by atoms with Gasteiger partial charge in [-0.05, 0) is 88.2 Å². The van der Waals surface area contributed by atoms with Crippen molar-refractivity contribution in [1.82, 2.24) is 0 Å². The topological polar surface area (TPSA) is 99.1 Å². The van der Waals surface area contributed by atoms with Crippen molar-refractivity contribution in [3.63, 3.8) is 0 Å². The van der Waals surface area contributed by atoms with Gasteiger partial charge in [0.05, 0.1) is 4.90 Å². The van der Waals surface area contributed by atoms with Crippen LogP contribution in [0.2, 0.25) is 0 Å². The molecule has 0 fully saturated rings. The van der Waals surface area contributed by atoms with E-state index >= 15 is 0 Å². The first-order valence-corrected chi connectivity index (χ1v) is 16.0.